The zero-order chi connectivity index (χ0) is 16.7. The molecule has 24 heavy (non-hydrogen) atoms. The Morgan fingerprint density at radius 1 is 1.38 bits per heavy atom. The van der Waals surface area contributed by atoms with Crippen LogP contribution in [0.25, 0.3) is 0 Å². The lowest BCUT2D eigenvalue weighted by atomic mass is 9.89. The molecule has 0 saturated carbocycles. The molecule has 0 spiro atoms. The van der Waals surface area contributed by atoms with E-state index in [1.54, 1.807) is 0 Å². The predicted molar refractivity (Wildman–Crippen MR) is 110 cm³/mol. The Labute approximate surface area is 162 Å². The molecule has 0 radical (unpaired) electrons. The van der Waals surface area contributed by atoms with Gasteiger partial charge in [0.1, 0.15) is 12.4 Å². The number of hydrogen-bond donors (Lipinski definition) is 1. The van der Waals surface area contributed by atoms with Crippen LogP contribution >= 0.6 is 24.0 Å². The van der Waals surface area contributed by atoms with Crippen LogP contribution in [0.5, 0.6) is 5.75 Å². The maximum atomic E-state index is 5.87. The van der Waals surface area contributed by atoms with E-state index in [0.717, 1.165) is 50.1 Å². The number of halogens is 1. The van der Waals surface area contributed by atoms with Gasteiger partial charge >= 0.3 is 0 Å². The van der Waals surface area contributed by atoms with Gasteiger partial charge in [0.25, 0.3) is 0 Å². The van der Waals surface area contributed by atoms with Crippen molar-refractivity contribution in [2.75, 3.05) is 46.5 Å². The number of aliphatic imine (C=N–C) groups is 1. The smallest absolute Gasteiger partial charge is 0.193 e. The highest BCUT2D eigenvalue weighted by Gasteiger charge is 2.33. The normalized spacial score (nSPS) is 15.9. The average Bonchev–Trinajstić information content (AvgIpc) is 2.51. The van der Waals surface area contributed by atoms with Gasteiger partial charge in [0.05, 0.1) is 26.3 Å². The van der Waals surface area contributed by atoms with Gasteiger partial charge in [0.2, 0.25) is 0 Å². The first-order chi connectivity index (χ1) is 11.0. The summed E-state index contributed by atoms with van der Waals surface area (Å²) in [4.78, 5) is 6.86. The van der Waals surface area contributed by atoms with E-state index in [1.165, 1.54) is 0 Å². The molecule has 1 aromatic carbocycles. The first-order valence-corrected chi connectivity index (χ1v) is 8.30. The Kier molecular flexibility index (Phi) is 8.83. The van der Waals surface area contributed by atoms with Crippen LogP contribution in [0.3, 0.4) is 0 Å². The van der Waals surface area contributed by atoms with Crippen LogP contribution in [0, 0.1) is 12.3 Å². The van der Waals surface area contributed by atoms with Crippen LogP contribution in [-0.2, 0) is 4.74 Å². The van der Waals surface area contributed by atoms with E-state index >= 15 is 0 Å². The van der Waals surface area contributed by atoms with E-state index in [4.69, 9.17) is 14.5 Å². The summed E-state index contributed by atoms with van der Waals surface area (Å²) in [6, 6.07) is 8.09. The molecule has 1 fully saturated rings. The molecule has 1 N–H and O–H groups in total. The van der Waals surface area contributed by atoms with Crippen LogP contribution in [0.4, 0.5) is 0 Å². The van der Waals surface area contributed by atoms with E-state index in [1.807, 2.05) is 25.2 Å². The van der Waals surface area contributed by atoms with E-state index in [2.05, 4.69) is 37.1 Å². The largest absolute Gasteiger partial charge is 0.491 e. The maximum Gasteiger partial charge on any atom is 0.193 e. The lowest BCUT2D eigenvalue weighted by molar-refractivity contribution is -0.0945. The number of likely N-dealkylation sites (N-methyl/N-ethyl adjacent to an activating group) is 1. The number of hydrogen-bond acceptors (Lipinski definition) is 3. The van der Waals surface area contributed by atoms with Gasteiger partial charge in [0.15, 0.2) is 5.96 Å². The van der Waals surface area contributed by atoms with Crippen LogP contribution in [0.1, 0.15) is 19.4 Å². The third-order valence-corrected chi connectivity index (χ3v) is 3.99. The zero-order valence-electron chi connectivity index (χ0n) is 15.2. The summed E-state index contributed by atoms with van der Waals surface area (Å²) in [5.74, 6) is 1.87. The Balaban J connectivity index is 0.00000288. The maximum absolute atomic E-state index is 5.87. The van der Waals surface area contributed by atoms with E-state index in [0.29, 0.717) is 6.61 Å². The highest BCUT2D eigenvalue weighted by atomic mass is 127. The third-order valence-electron chi connectivity index (χ3n) is 3.99. The lowest BCUT2D eigenvalue weighted by Crippen LogP contribution is -2.45. The number of para-hydroxylation sites is 1. The summed E-state index contributed by atoms with van der Waals surface area (Å²) < 4.78 is 11.2. The molecule has 2 rings (SSSR count). The first kappa shape index (κ1) is 21.0. The minimum absolute atomic E-state index is 0. The average molecular weight is 447 g/mol. The summed E-state index contributed by atoms with van der Waals surface area (Å²) in [5, 5.41) is 3.34. The van der Waals surface area contributed by atoms with Crippen molar-refractivity contribution in [1.82, 2.24) is 10.2 Å². The Morgan fingerprint density at radius 2 is 2.08 bits per heavy atom. The summed E-state index contributed by atoms with van der Waals surface area (Å²) >= 11 is 0. The lowest BCUT2D eigenvalue weighted by Gasteiger charge is -2.37. The first-order valence-electron chi connectivity index (χ1n) is 8.30. The number of benzene rings is 1. The minimum Gasteiger partial charge on any atom is -0.491 e. The monoisotopic (exact) mass is 447 g/mol. The van der Waals surface area contributed by atoms with Gasteiger partial charge in [0, 0.05) is 19.0 Å². The van der Waals surface area contributed by atoms with Crippen molar-refractivity contribution in [2.45, 2.75) is 20.8 Å². The van der Waals surface area contributed by atoms with Crippen LogP contribution < -0.4 is 10.1 Å². The van der Waals surface area contributed by atoms with E-state index in [9.17, 15) is 0 Å². The number of rotatable bonds is 7. The van der Waals surface area contributed by atoms with Crippen LogP contribution in [0.2, 0.25) is 0 Å². The summed E-state index contributed by atoms with van der Waals surface area (Å²) in [7, 11) is 2.04. The summed E-state index contributed by atoms with van der Waals surface area (Å²) in [6.07, 6.45) is 0. The van der Waals surface area contributed by atoms with Crippen molar-refractivity contribution >= 4 is 29.9 Å². The number of aryl methyl sites for hydroxylation is 1. The van der Waals surface area contributed by atoms with Crippen LogP contribution in [0.15, 0.2) is 29.3 Å². The molecule has 1 aliphatic heterocycles. The Bertz CT molecular complexity index is 533. The molecule has 1 aromatic rings. The Hall–Kier alpha value is -1.02. The molecule has 136 valence electrons. The second-order valence-electron chi connectivity index (χ2n) is 6.51. The second kappa shape index (κ2) is 10.1. The number of nitrogens with one attached hydrogen (secondary N) is 1. The van der Waals surface area contributed by atoms with Gasteiger partial charge < -0.3 is 19.7 Å². The molecule has 0 aromatic heterocycles. The summed E-state index contributed by atoms with van der Waals surface area (Å²) in [6.45, 7) is 11.0. The number of nitrogens with zero attached hydrogens (tertiary/aromatic N) is 2. The molecule has 1 heterocycles. The fourth-order valence-electron chi connectivity index (χ4n) is 2.39. The van der Waals surface area contributed by atoms with Gasteiger partial charge in [-0.15, -0.1) is 24.0 Å². The van der Waals surface area contributed by atoms with Gasteiger partial charge in [-0.05, 0) is 25.5 Å². The molecule has 1 aliphatic rings. The van der Waals surface area contributed by atoms with Crippen molar-refractivity contribution in [3.63, 3.8) is 0 Å². The minimum atomic E-state index is 0. The van der Waals surface area contributed by atoms with Gasteiger partial charge in [-0.2, -0.15) is 0 Å². The molecule has 0 atom stereocenters. The highest BCUT2D eigenvalue weighted by molar-refractivity contribution is 14.0. The van der Waals surface area contributed by atoms with Crippen molar-refractivity contribution in [2.24, 2.45) is 10.4 Å². The molecular formula is C18H30IN3O2. The number of ether oxygens (including phenoxy) is 2. The van der Waals surface area contributed by atoms with Crippen molar-refractivity contribution in [3.8, 4) is 5.75 Å². The molecule has 0 aliphatic carbocycles. The SMILES string of the molecule is CCNC(=NCC1(C)COC1)N(C)CCOc1ccccc1C.I. The quantitative estimate of drug-likeness (QED) is 0.397. The molecule has 1 saturated heterocycles. The van der Waals surface area contributed by atoms with E-state index < -0.39 is 0 Å². The fourth-order valence-corrected chi connectivity index (χ4v) is 2.39. The van der Waals surface area contributed by atoms with E-state index in [-0.39, 0.29) is 29.4 Å². The Morgan fingerprint density at radius 3 is 2.67 bits per heavy atom. The summed E-state index contributed by atoms with van der Waals surface area (Å²) in [5.41, 5.74) is 1.35. The fraction of sp³-hybridized carbons (Fsp3) is 0.611. The number of guanidine groups is 1. The van der Waals surface area contributed by atoms with Crippen molar-refractivity contribution < 1.29 is 9.47 Å². The molecule has 5 nitrogen and oxygen atoms in total. The second-order valence-corrected chi connectivity index (χ2v) is 6.51. The third kappa shape index (κ3) is 6.12. The van der Waals surface area contributed by atoms with Crippen molar-refractivity contribution in [1.29, 1.82) is 0 Å². The molecule has 0 amide bonds. The topological polar surface area (TPSA) is 46.1 Å². The predicted octanol–water partition coefficient (Wildman–Crippen LogP) is 2.93. The molecule has 0 unspecified atom stereocenters. The standard InChI is InChI=1S/C18H29N3O2.HI/c1-5-19-17(20-12-18(3)13-22-14-18)21(4)10-11-23-16-9-7-6-8-15(16)2;/h6-9H,5,10-14H2,1-4H3,(H,19,20);1H. The highest BCUT2D eigenvalue weighted by Crippen LogP contribution is 2.26. The molecule has 6 heteroatoms. The van der Waals surface area contributed by atoms with Crippen molar-refractivity contribution in [3.05, 3.63) is 29.8 Å². The zero-order valence-corrected chi connectivity index (χ0v) is 17.5. The van der Waals surface area contributed by atoms with Gasteiger partial charge in [-0.3, -0.25) is 4.99 Å². The van der Waals surface area contributed by atoms with Crippen LogP contribution in [-0.4, -0.2) is 57.4 Å². The van der Waals surface area contributed by atoms with Gasteiger partial charge in [-0.25, -0.2) is 0 Å². The van der Waals surface area contributed by atoms with Gasteiger partial charge in [-0.1, -0.05) is 25.1 Å². The molecule has 0 bridgehead atoms. The molecular weight excluding hydrogens is 417 g/mol.